The predicted molar refractivity (Wildman–Crippen MR) is 80.4 cm³/mol. The van der Waals surface area contributed by atoms with E-state index in [1.165, 1.54) is 17.6 Å². The summed E-state index contributed by atoms with van der Waals surface area (Å²) in [5, 5.41) is 7.70. The zero-order chi connectivity index (χ0) is 14.4. The predicted octanol–water partition coefficient (Wildman–Crippen LogP) is 3.72. The SMILES string of the molecule is CCCNC(c1cccc(F)c1)c1snnc1CCC. The summed E-state index contributed by atoms with van der Waals surface area (Å²) in [5.74, 6) is -0.208. The van der Waals surface area contributed by atoms with E-state index in [2.05, 4.69) is 28.8 Å². The van der Waals surface area contributed by atoms with Crippen LogP contribution in [0.1, 0.15) is 48.9 Å². The summed E-state index contributed by atoms with van der Waals surface area (Å²) in [4.78, 5) is 1.10. The highest BCUT2D eigenvalue weighted by Crippen LogP contribution is 2.28. The van der Waals surface area contributed by atoms with Gasteiger partial charge in [-0.3, -0.25) is 0 Å². The van der Waals surface area contributed by atoms with E-state index in [0.29, 0.717) is 0 Å². The van der Waals surface area contributed by atoms with Crippen LogP contribution in [0.2, 0.25) is 0 Å². The van der Waals surface area contributed by atoms with E-state index in [1.54, 1.807) is 12.1 Å². The summed E-state index contributed by atoms with van der Waals surface area (Å²) >= 11 is 1.40. The molecule has 1 unspecified atom stereocenters. The van der Waals surface area contributed by atoms with Gasteiger partial charge < -0.3 is 5.32 Å². The molecule has 1 aromatic heterocycles. The molecule has 0 saturated heterocycles. The van der Waals surface area contributed by atoms with Gasteiger partial charge in [0.2, 0.25) is 0 Å². The first-order chi connectivity index (χ1) is 9.76. The standard InChI is InChI=1S/C15H20FN3S/c1-3-6-13-15(20-19-18-13)14(17-9-4-2)11-7-5-8-12(16)10-11/h5,7-8,10,14,17H,3-4,6,9H2,1-2H3. The molecule has 2 rings (SSSR count). The quantitative estimate of drug-likeness (QED) is 0.845. The highest BCUT2D eigenvalue weighted by atomic mass is 32.1. The van der Waals surface area contributed by atoms with E-state index in [-0.39, 0.29) is 11.9 Å². The molecule has 0 spiro atoms. The van der Waals surface area contributed by atoms with Gasteiger partial charge in [0.1, 0.15) is 5.82 Å². The second-order valence-corrected chi connectivity index (χ2v) is 5.56. The monoisotopic (exact) mass is 293 g/mol. The summed E-state index contributed by atoms with van der Waals surface area (Å²) in [6.45, 7) is 5.12. The molecular formula is C15H20FN3S. The van der Waals surface area contributed by atoms with Gasteiger partial charge in [-0.05, 0) is 48.6 Å². The number of hydrogen-bond donors (Lipinski definition) is 1. The Morgan fingerprint density at radius 2 is 2.15 bits per heavy atom. The first-order valence-corrected chi connectivity index (χ1v) is 7.83. The molecular weight excluding hydrogens is 273 g/mol. The van der Waals surface area contributed by atoms with Crippen LogP contribution in [-0.4, -0.2) is 16.1 Å². The van der Waals surface area contributed by atoms with Crippen molar-refractivity contribution in [3.63, 3.8) is 0 Å². The molecule has 0 fully saturated rings. The van der Waals surface area contributed by atoms with Crippen LogP contribution in [0.3, 0.4) is 0 Å². The number of nitrogens with zero attached hydrogens (tertiary/aromatic N) is 2. The Balaban J connectivity index is 2.33. The van der Waals surface area contributed by atoms with Crippen LogP contribution >= 0.6 is 11.5 Å². The van der Waals surface area contributed by atoms with Crippen molar-refractivity contribution in [3.8, 4) is 0 Å². The molecule has 0 aliphatic carbocycles. The molecule has 3 nitrogen and oxygen atoms in total. The van der Waals surface area contributed by atoms with Crippen LogP contribution in [0.15, 0.2) is 24.3 Å². The minimum atomic E-state index is -0.208. The molecule has 0 bridgehead atoms. The zero-order valence-corrected chi connectivity index (χ0v) is 12.7. The number of halogens is 1. The van der Waals surface area contributed by atoms with Crippen LogP contribution < -0.4 is 5.32 Å². The Hall–Kier alpha value is -1.33. The van der Waals surface area contributed by atoms with E-state index >= 15 is 0 Å². The number of hydrogen-bond acceptors (Lipinski definition) is 4. The van der Waals surface area contributed by atoms with Crippen LogP contribution in [0.5, 0.6) is 0 Å². The van der Waals surface area contributed by atoms with E-state index in [0.717, 1.165) is 41.9 Å². The van der Waals surface area contributed by atoms with Gasteiger partial charge >= 0.3 is 0 Å². The third-order valence-corrected chi connectivity index (χ3v) is 3.95. The van der Waals surface area contributed by atoms with Crippen LogP contribution in [0, 0.1) is 5.82 Å². The van der Waals surface area contributed by atoms with Gasteiger partial charge in [-0.15, -0.1) is 5.10 Å². The lowest BCUT2D eigenvalue weighted by Crippen LogP contribution is -2.23. The first-order valence-electron chi connectivity index (χ1n) is 7.06. The molecule has 0 radical (unpaired) electrons. The molecule has 1 N–H and O–H groups in total. The van der Waals surface area contributed by atoms with Gasteiger partial charge in [-0.25, -0.2) is 4.39 Å². The fourth-order valence-corrected chi connectivity index (χ4v) is 2.98. The maximum Gasteiger partial charge on any atom is 0.123 e. The first kappa shape index (κ1) is 15.1. The fourth-order valence-electron chi connectivity index (χ4n) is 2.18. The average Bonchev–Trinajstić information content (AvgIpc) is 2.88. The molecule has 1 heterocycles. The van der Waals surface area contributed by atoms with Gasteiger partial charge in [0.05, 0.1) is 16.6 Å². The van der Waals surface area contributed by atoms with E-state index < -0.39 is 0 Å². The molecule has 1 aromatic carbocycles. The molecule has 0 saturated carbocycles. The number of nitrogens with one attached hydrogen (secondary N) is 1. The summed E-state index contributed by atoms with van der Waals surface area (Å²) in [5.41, 5.74) is 1.96. The third-order valence-electron chi connectivity index (χ3n) is 3.11. The highest BCUT2D eigenvalue weighted by molar-refractivity contribution is 7.05. The van der Waals surface area contributed by atoms with Crippen molar-refractivity contribution < 1.29 is 4.39 Å². The normalized spacial score (nSPS) is 12.6. The van der Waals surface area contributed by atoms with Crippen molar-refractivity contribution in [3.05, 3.63) is 46.2 Å². The molecule has 0 aliphatic rings. The number of benzene rings is 1. The van der Waals surface area contributed by atoms with Crippen molar-refractivity contribution in [1.82, 2.24) is 14.9 Å². The van der Waals surface area contributed by atoms with Gasteiger partial charge in [0.25, 0.3) is 0 Å². The van der Waals surface area contributed by atoms with Crippen molar-refractivity contribution in [1.29, 1.82) is 0 Å². The number of rotatable bonds is 7. The maximum absolute atomic E-state index is 13.5. The van der Waals surface area contributed by atoms with E-state index in [9.17, 15) is 4.39 Å². The third kappa shape index (κ3) is 3.61. The largest absolute Gasteiger partial charge is 0.305 e. The Morgan fingerprint density at radius 3 is 2.85 bits per heavy atom. The number of aromatic nitrogens is 2. The fraction of sp³-hybridized carbons (Fsp3) is 0.467. The zero-order valence-electron chi connectivity index (χ0n) is 11.9. The molecule has 20 heavy (non-hydrogen) atoms. The van der Waals surface area contributed by atoms with Crippen LogP contribution in [0.4, 0.5) is 4.39 Å². The summed E-state index contributed by atoms with van der Waals surface area (Å²) < 4.78 is 17.6. The topological polar surface area (TPSA) is 37.8 Å². The highest BCUT2D eigenvalue weighted by Gasteiger charge is 2.20. The summed E-state index contributed by atoms with van der Waals surface area (Å²) in [6.07, 6.45) is 2.97. The molecule has 5 heteroatoms. The van der Waals surface area contributed by atoms with Crippen LogP contribution in [-0.2, 0) is 6.42 Å². The Bertz CT molecular complexity index is 541. The minimum absolute atomic E-state index is 0.0211. The minimum Gasteiger partial charge on any atom is -0.305 e. The molecule has 0 amide bonds. The maximum atomic E-state index is 13.5. The average molecular weight is 293 g/mol. The molecule has 1 atom stereocenters. The lowest BCUT2D eigenvalue weighted by molar-refractivity contribution is 0.586. The van der Waals surface area contributed by atoms with E-state index in [4.69, 9.17) is 0 Å². The summed E-state index contributed by atoms with van der Waals surface area (Å²) in [6, 6.07) is 6.73. The lowest BCUT2D eigenvalue weighted by Gasteiger charge is -2.18. The Morgan fingerprint density at radius 1 is 1.30 bits per heavy atom. The lowest BCUT2D eigenvalue weighted by atomic mass is 10.0. The van der Waals surface area contributed by atoms with Gasteiger partial charge in [-0.2, -0.15) is 0 Å². The van der Waals surface area contributed by atoms with Gasteiger partial charge in [-0.1, -0.05) is 36.9 Å². The molecule has 0 aliphatic heterocycles. The Labute approximate surface area is 123 Å². The smallest absolute Gasteiger partial charge is 0.123 e. The van der Waals surface area contributed by atoms with E-state index in [1.807, 2.05) is 6.07 Å². The molecule has 108 valence electrons. The number of aryl methyl sites for hydroxylation is 1. The summed E-state index contributed by atoms with van der Waals surface area (Å²) in [7, 11) is 0. The van der Waals surface area contributed by atoms with Gasteiger partial charge in [0.15, 0.2) is 0 Å². The van der Waals surface area contributed by atoms with Crippen molar-refractivity contribution in [2.45, 2.75) is 39.2 Å². The van der Waals surface area contributed by atoms with Crippen molar-refractivity contribution >= 4 is 11.5 Å². The van der Waals surface area contributed by atoms with Crippen molar-refractivity contribution in [2.24, 2.45) is 0 Å². The Kier molecular flexibility index (Phi) is 5.61. The van der Waals surface area contributed by atoms with Gasteiger partial charge in [0, 0.05) is 0 Å². The van der Waals surface area contributed by atoms with Crippen molar-refractivity contribution in [2.75, 3.05) is 6.54 Å². The van der Waals surface area contributed by atoms with Crippen LogP contribution in [0.25, 0.3) is 0 Å². The molecule has 2 aromatic rings. The second kappa shape index (κ2) is 7.45. The second-order valence-electron chi connectivity index (χ2n) is 4.78.